The fraction of sp³-hybridized carbons (Fsp3) is 0.312. The van der Waals surface area contributed by atoms with E-state index in [-0.39, 0.29) is 11.9 Å². The van der Waals surface area contributed by atoms with Crippen molar-refractivity contribution in [1.82, 2.24) is 10.2 Å². The third-order valence-electron chi connectivity index (χ3n) is 3.71. The number of thiophene rings is 1. The average molecular weight is 321 g/mol. The van der Waals surface area contributed by atoms with Crippen LogP contribution >= 0.6 is 22.9 Å². The minimum atomic E-state index is 0.120. The van der Waals surface area contributed by atoms with Crippen molar-refractivity contribution in [2.24, 2.45) is 0 Å². The number of carbonyl (C=O) groups excluding carboxylic acids is 1. The summed E-state index contributed by atoms with van der Waals surface area (Å²) in [5, 5.41) is 2.96. The Morgan fingerprint density at radius 3 is 2.76 bits per heavy atom. The van der Waals surface area contributed by atoms with Gasteiger partial charge in [-0.1, -0.05) is 41.9 Å². The van der Waals surface area contributed by atoms with Gasteiger partial charge in [0, 0.05) is 37.0 Å². The third kappa shape index (κ3) is 3.64. The number of hydrogen-bond acceptors (Lipinski definition) is 3. The summed E-state index contributed by atoms with van der Waals surface area (Å²) in [7, 11) is 0. The normalized spacial score (nSPS) is 20.0. The fourth-order valence-corrected chi connectivity index (χ4v) is 3.81. The van der Waals surface area contributed by atoms with Gasteiger partial charge in [0.05, 0.1) is 4.34 Å². The number of benzene rings is 1. The Balaban J connectivity index is 1.85. The Kier molecular flexibility index (Phi) is 4.58. The molecule has 0 radical (unpaired) electrons. The maximum absolute atomic E-state index is 11.9. The molecule has 1 aromatic heterocycles. The largest absolute Gasteiger partial charge is 0.355 e. The number of nitrogens with zero attached hydrogens (tertiary/aromatic N) is 1. The second kappa shape index (κ2) is 6.60. The number of halogens is 1. The number of hydrogen-bond donors (Lipinski definition) is 1. The zero-order chi connectivity index (χ0) is 14.7. The van der Waals surface area contributed by atoms with E-state index < -0.39 is 0 Å². The first kappa shape index (κ1) is 14.6. The molecule has 1 aliphatic rings. The van der Waals surface area contributed by atoms with E-state index in [1.165, 1.54) is 10.4 Å². The Morgan fingerprint density at radius 1 is 1.24 bits per heavy atom. The Bertz CT molecular complexity index is 614. The molecule has 5 heteroatoms. The highest BCUT2D eigenvalue weighted by Gasteiger charge is 2.26. The smallest absolute Gasteiger partial charge is 0.221 e. The van der Waals surface area contributed by atoms with Gasteiger partial charge in [-0.2, -0.15) is 0 Å². The average Bonchev–Trinajstić information content (AvgIpc) is 2.80. The first-order valence-electron chi connectivity index (χ1n) is 7.02. The van der Waals surface area contributed by atoms with Crippen molar-refractivity contribution in [2.45, 2.75) is 19.0 Å². The van der Waals surface area contributed by atoms with Crippen molar-refractivity contribution in [3.63, 3.8) is 0 Å². The summed E-state index contributed by atoms with van der Waals surface area (Å²) < 4.78 is 0.810. The summed E-state index contributed by atoms with van der Waals surface area (Å²) in [6, 6.07) is 14.4. The van der Waals surface area contributed by atoms with Gasteiger partial charge in [-0.15, -0.1) is 11.3 Å². The van der Waals surface area contributed by atoms with Crippen LogP contribution in [-0.2, 0) is 11.3 Å². The van der Waals surface area contributed by atoms with E-state index in [2.05, 4.69) is 28.4 Å². The second-order valence-corrected chi connectivity index (χ2v) is 6.96. The maximum atomic E-state index is 11.9. The lowest BCUT2D eigenvalue weighted by Crippen LogP contribution is -2.30. The van der Waals surface area contributed by atoms with Crippen LogP contribution in [0.4, 0.5) is 0 Å². The first-order valence-corrected chi connectivity index (χ1v) is 8.22. The van der Waals surface area contributed by atoms with Gasteiger partial charge in [0.15, 0.2) is 0 Å². The van der Waals surface area contributed by atoms with Crippen LogP contribution in [0.3, 0.4) is 0 Å². The van der Waals surface area contributed by atoms with E-state index in [4.69, 9.17) is 11.6 Å². The van der Waals surface area contributed by atoms with E-state index in [1.54, 1.807) is 11.3 Å². The lowest BCUT2D eigenvalue weighted by Gasteiger charge is -2.28. The van der Waals surface area contributed by atoms with Crippen LogP contribution in [0.15, 0.2) is 42.5 Å². The molecule has 0 saturated carbocycles. The van der Waals surface area contributed by atoms with Crippen molar-refractivity contribution in [3.8, 4) is 0 Å². The summed E-state index contributed by atoms with van der Waals surface area (Å²) in [6.45, 7) is 2.37. The first-order chi connectivity index (χ1) is 10.2. The fourth-order valence-electron chi connectivity index (χ4n) is 2.70. The minimum Gasteiger partial charge on any atom is -0.355 e. The second-order valence-electron chi connectivity index (χ2n) is 5.16. The molecule has 1 aromatic carbocycles. The lowest BCUT2D eigenvalue weighted by atomic mass is 10.0. The predicted molar refractivity (Wildman–Crippen MR) is 86.5 cm³/mol. The highest BCUT2D eigenvalue weighted by Crippen LogP contribution is 2.30. The molecule has 0 bridgehead atoms. The van der Waals surface area contributed by atoms with Crippen LogP contribution in [-0.4, -0.2) is 23.9 Å². The van der Waals surface area contributed by atoms with Gasteiger partial charge < -0.3 is 5.32 Å². The maximum Gasteiger partial charge on any atom is 0.221 e. The monoisotopic (exact) mass is 320 g/mol. The predicted octanol–water partition coefficient (Wildman–Crippen LogP) is 3.46. The molecule has 1 aliphatic heterocycles. The van der Waals surface area contributed by atoms with Crippen LogP contribution in [0.5, 0.6) is 0 Å². The van der Waals surface area contributed by atoms with Gasteiger partial charge >= 0.3 is 0 Å². The molecule has 1 unspecified atom stereocenters. The summed E-state index contributed by atoms with van der Waals surface area (Å²) in [5.41, 5.74) is 1.19. The topological polar surface area (TPSA) is 32.3 Å². The Morgan fingerprint density at radius 2 is 2.05 bits per heavy atom. The molecule has 3 nitrogen and oxygen atoms in total. The Labute approximate surface area is 133 Å². The van der Waals surface area contributed by atoms with Crippen molar-refractivity contribution < 1.29 is 4.79 Å². The van der Waals surface area contributed by atoms with Crippen LogP contribution < -0.4 is 5.32 Å². The van der Waals surface area contributed by atoms with E-state index in [0.29, 0.717) is 13.0 Å². The molecule has 110 valence electrons. The van der Waals surface area contributed by atoms with Crippen LogP contribution in [0.25, 0.3) is 0 Å². The number of amides is 1. The van der Waals surface area contributed by atoms with Gasteiger partial charge in [0.1, 0.15) is 0 Å². The molecule has 1 N–H and O–H groups in total. The molecule has 0 aliphatic carbocycles. The van der Waals surface area contributed by atoms with E-state index in [0.717, 1.165) is 17.4 Å². The molecule has 0 spiro atoms. The minimum absolute atomic E-state index is 0.120. The van der Waals surface area contributed by atoms with Crippen molar-refractivity contribution >= 4 is 28.8 Å². The summed E-state index contributed by atoms with van der Waals surface area (Å²) in [6.07, 6.45) is 0.503. The lowest BCUT2D eigenvalue weighted by molar-refractivity contribution is -0.121. The molecular weight excluding hydrogens is 304 g/mol. The quantitative estimate of drug-likeness (QED) is 0.939. The van der Waals surface area contributed by atoms with Gasteiger partial charge in [0.2, 0.25) is 5.91 Å². The van der Waals surface area contributed by atoms with Crippen LogP contribution in [0.1, 0.15) is 22.9 Å². The number of nitrogens with one attached hydrogen (secondary N) is 1. The van der Waals surface area contributed by atoms with Crippen molar-refractivity contribution in [3.05, 3.63) is 57.2 Å². The van der Waals surface area contributed by atoms with Gasteiger partial charge in [-0.25, -0.2) is 0 Å². The standard InChI is InChI=1S/C16H17ClN2OS/c17-15-7-6-13(21-15)11-19-9-8-18-16(20)10-14(19)12-4-2-1-3-5-12/h1-7,14H,8-11H2,(H,18,20). The highest BCUT2D eigenvalue weighted by molar-refractivity contribution is 7.16. The summed E-state index contributed by atoms with van der Waals surface area (Å²) in [4.78, 5) is 15.5. The molecule has 1 atom stereocenters. The molecule has 1 amide bonds. The molecule has 3 rings (SSSR count). The Hall–Kier alpha value is -1.36. The molecule has 1 fully saturated rings. The number of rotatable bonds is 3. The molecule has 1 saturated heterocycles. The third-order valence-corrected chi connectivity index (χ3v) is 4.93. The van der Waals surface area contributed by atoms with E-state index in [9.17, 15) is 4.79 Å². The van der Waals surface area contributed by atoms with Crippen molar-refractivity contribution in [1.29, 1.82) is 0 Å². The van der Waals surface area contributed by atoms with E-state index >= 15 is 0 Å². The van der Waals surface area contributed by atoms with Gasteiger partial charge in [0.25, 0.3) is 0 Å². The molecule has 21 heavy (non-hydrogen) atoms. The number of carbonyl (C=O) groups is 1. The summed E-state index contributed by atoms with van der Waals surface area (Å²) >= 11 is 7.63. The highest BCUT2D eigenvalue weighted by atomic mass is 35.5. The van der Waals surface area contributed by atoms with Gasteiger partial charge in [-0.05, 0) is 17.7 Å². The molecule has 2 aromatic rings. The van der Waals surface area contributed by atoms with Crippen molar-refractivity contribution in [2.75, 3.05) is 13.1 Å². The molecule has 2 heterocycles. The summed E-state index contributed by atoms with van der Waals surface area (Å²) in [5.74, 6) is 0.121. The van der Waals surface area contributed by atoms with E-state index in [1.807, 2.05) is 24.3 Å². The van der Waals surface area contributed by atoms with Crippen LogP contribution in [0.2, 0.25) is 4.34 Å². The van der Waals surface area contributed by atoms with Gasteiger partial charge in [-0.3, -0.25) is 9.69 Å². The zero-order valence-electron chi connectivity index (χ0n) is 11.6. The SMILES string of the molecule is O=C1CC(c2ccccc2)N(Cc2ccc(Cl)s2)CCN1. The molecular formula is C16H17ClN2OS. The van der Waals surface area contributed by atoms with Crippen LogP contribution in [0, 0.1) is 0 Å². The zero-order valence-corrected chi connectivity index (χ0v) is 13.2.